The van der Waals surface area contributed by atoms with Gasteiger partial charge in [0.2, 0.25) is 0 Å². The van der Waals surface area contributed by atoms with Crippen LogP contribution in [0.2, 0.25) is 0 Å². The van der Waals surface area contributed by atoms with Crippen molar-refractivity contribution < 1.29 is 9.31 Å². The second-order valence-corrected chi connectivity index (χ2v) is 14.2. The highest BCUT2D eigenvalue weighted by Crippen LogP contribution is 2.50. The Balaban J connectivity index is 1.20. The topological polar surface area (TPSA) is 23.4 Å². The lowest BCUT2D eigenvalue weighted by molar-refractivity contribution is 0.00578. The van der Waals surface area contributed by atoms with Crippen LogP contribution in [0, 0.1) is 0 Å². The van der Waals surface area contributed by atoms with Crippen LogP contribution in [0.3, 0.4) is 0 Å². The van der Waals surface area contributed by atoms with Crippen molar-refractivity contribution in [2.24, 2.45) is 0 Å². The fourth-order valence-corrected chi connectivity index (χ4v) is 7.25. The van der Waals surface area contributed by atoms with E-state index in [0.29, 0.717) is 0 Å². The van der Waals surface area contributed by atoms with Gasteiger partial charge in [0.25, 0.3) is 0 Å². The van der Waals surface area contributed by atoms with Crippen molar-refractivity contribution in [2.75, 3.05) is 0 Å². The lowest BCUT2D eigenvalue weighted by Gasteiger charge is -2.32. The van der Waals surface area contributed by atoms with Crippen molar-refractivity contribution in [1.29, 1.82) is 0 Å². The molecule has 0 spiro atoms. The highest BCUT2D eigenvalue weighted by atomic mass is 16.7. The summed E-state index contributed by atoms with van der Waals surface area (Å²) in [5.74, 6) is 0. The highest BCUT2D eigenvalue weighted by Gasteiger charge is 2.52. The van der Waals surface area contributed by atoms with E-state index in [1.54, 1.807) is 0 Å². The van der Waals surface area contributed by atoms with Crippen molar-refractivity contribution in [3.05, 3.63) is 126 Å². The lowest BCUT2D eigenvalue weighted by Crippen LogP contribution is -2.41. The van der Waals surface area contributed by atoms with E-state index in [9.17, 15) is 0 Å². The molecular formula is C41H38BNO2. The van der Waals surface area contributed by atoms with Crippen LogP contribution in [0.4, 0.5) is 0 Å². The molecule has 6 aromatic rings. The molecule has 222 valence electrons. The van der Waals surface area contributed by atoms with Crippen LogP contribution in [-0.4, -0.2) is 22.9 Å². The SMILES string of the molecule is C=Cc1ccc(-n2c3ccccc3c3cc(-c4ccc5c(c4)C(C)(C)c4cc(B6OC(C)(C)C(C)(C)O6)ccc4-5)ccc32)cc1. The minimum absolute atomic E-state index is 0.155. The summed E-state index contributed by atoms with van der Waals surface area (Å²) in [5, 5.41) is 2.51. The third-order valence-corrected chi connectivity index (χ3v) is 10.6. The summed E-state index contributed by atoms with van der Waals surface area (Å²) in [6.45, 7) is 17.0. The zero-order chi connectivity index (χ0) is 31.3. The second kappa shape index (κ2) is 9.56. The third-order valence-electron chi connectivity index (χ3n) is 10.6. The van der Waals surface area contributed by atoms with Gasteiger partial charge in [-0.25, -0.2) is 0 Å². The van der Waals surface area contributed by atoms with Crippen molar-refractivity contribution in [1.82, 2.24) is 4.57 Å². The van der Waals surface area contributed by atoms with Crippen molar-refractivity contribution >= 4 is 40.5 Å². The molecule has 0 saturated carbocycles. The van der Waals surface area contributed by atoms with E-state index in [1.165, 1.54) is 55.2 Å². The van der Waals surface area contributed by atoms with Gasteiger partial charge in [0.1, 0.15) is 0 Å². The van der Waals surface area contributed by atoms with Gasteiger partial charge in [-0.15, -0.1) is 0 Å². The number of para-hydroxylation sites is 1. The molecule has 0 N–H and O–H groups in total. The lowest BCUT2D eigenvalue weighted by atomic mass is 9.74. The Hall–Kier alpha value is -4.38. The zero-order valence-corrected chi connectivity index (χ0v) is 26.9. The molecule has 1 fully saturated rings. The number of hydrogen-bond acceptors (Lipinski definition) is 2. The Morgan fingerprint density at radius 1 is 0.622 bits per heavy atom. The molecule has 5 aromatic carbocycles. The van der Waals surface area contributed by atoms with Crippen LogP contribution in [0.5, 0.6) is 0 Å². The van der Waals surface area contributed by atoms with Gasteiger partial charge >= 0.3 is 7.12 Å². The second-order valence-electron chi connectivity index (χ2n) is 14.2. The molecule has 0 radical (unpaired) electrons. The molecule has 0 amide bonds. The average molecular weight is 588 g/mol. The molecular weight excluding hydrogens is 549 g/mol. The summed E-state index contributed by atoms with van der Waals surface area (Å²) < 4.78 is 15.2. The van der Waals surface area contributed by atoms with Gasteiger partial charge in [-0.05, 0) is 109 Å². The predicted molar refractivity (Wildman–Crippen MR) is 190 cm³/mol. The maximum atomic E-state index is 6.41. The fraction of sp³-hybridized carbons (Fsp3) is 0.220. The average Bonchev–Trinajstić information content (AvgIpc) is 3.57. The maximum Gasteiger partial charge on any atom is 0.494 e. The van der Waals surface area contributed by atoms with Crippen LogP contribution in [0.1, 0.15) is 58.2 Å². The minimum Gasteiger partial charge on any atom is -0.399 e. The van der Waals surface area contributed by atoms with E-state index in [1.807, 2.05) is 6.08 Å². The van der Waals surface area contributed by atoms with Crippen LogP contribution in [0.25, 0.3) is 55.8 Å². The molecule has 0 unspecified atom stereocenters. The summed E-state index contributed by atoms with van der Waals surface area (Å²) in [5.41, 5.74) is 12.6. The molecule has 2 aliphatic rings. The van der Waals surface area contributed by atoms with Crippen molar-refractivity contribution in [2.45, 2.75) is 58.2 Å². The van der Waals surface area contributed by atoms with Crippen molar-refractivity contribution in [3.63, 3.8) is 0 Å². The van der Waals surface area contributed by atoms with E-state index in [-0.39, 0.29) is 23.7 Å². The van der Waals surface area contributed by atoms with E-state index in [0.717, 1.165) is 16.7 Å². The molecule has 2 heterocycles. The largest absolute Gasteiger partial charge is 0.494 e. The van der Waals surface area contributed by atoms with Gasteiger partial charge in [-0.2, -0.15) is 0 Å². The van der Waals surface area contributed by atoms with Gasteiger partial charge in [-0.3, -0.25) is 0 Å². The summed E-state index contributed by atoms with van der Waals surface area (Å²) in [4.78, 5) is 0. The first kappa shape index (κ1) is 28.1. The minimum atomic E-state index is -0.371. The first-order valence-corrected chi connectivity index (χ1v) is 15.9. The molecule has 4 heteroatoms. The summed E-state index contributed by atoms with van der Waals surface area (Å²) in [7, 11) is -0.371. The molecule has 45 heavy (non-hydrogen) atoms. The van der Waals surface area contributed by atoms with Gasteiger partial charge in [-0.1, -0.05) is 93.2 Å². The van der Waals surface area contributed by atoms with Crippen LogP contribution in [-0.2, 0) is 14.7 Å². The van der Waals surface area contributed by atoms with E-state index >= 15 is 0 Å². The molecule has 1 saturated heterocycles. The molecule has 1 aliphatic carbocycles. The number of nitrogens with zero attached hydrogens (tertiary/aromatic N) is 1. The van der Waals surface area contributed by atoms with E-state index < -0.39 is 0 Å². The third kappa shape index (κ3) is 4.12. The molecule has 8 rings (SSSR count). The molecule has 1 aromatic heterocycles. The molecule has 0 bridgehead atoms. The smallest absolute Gasteiger partial charge is 0.399 e. The summed E-state index contributed by atoms with van der Waals surface area (Å²) in [6.07, 6.45) is 1.89. The van der Waals surface area contributed by atoms with Gasteiger partial charge in [0.15, 0.2) is 0 Å². The predicted octanol–water partition coefficient (Wildman–Crippen LogP) is 9.70. The number of rotatable bonds is 4. The number of benzene rings is 5. The van der Waals surface area contributed by atoms with Crippen LogP contribution in [0.15, 0.2) is 110 Å². The van der Waals surface area contributed by atoms with Gasteiger partial charge < -0.3 is 13.9 Å². The first-order chi connectivity index (χ1) is 21.5. The standard InChI is InChI=1S/C41H38BNO2/c1-8-26-13-18-30(19-14-26)43-37-12-10-9-11-33(37)34-23-27(16-22-38(34)43)28-15-20-31-32-21-17-29(25-36(32)39(2,3)35(31)24-28)42-44-40(4,5)41(6,7)45-42/h8-25H,1H2,2-7H3. The van der Waals surface area contributed by atoms with E-state index in [4.69, 9.17) is 9.31 Å². The van der Waals surface area contributed by atoms with Gasteiger partial charge in [0.05, 0.1) is 22.2 Å². The monoisotopic (exact) mass is 587 g/mol. The zero-order valence-electron chi connectivity index (χ0n) is 26.9. The summed E-state index contributed by atoms with van der Waals surface area (Å²) in [6, 6.07) is 37.9. The van der Waals surface area contributed by atoms with Crippen molar-refractivity contribution in [3.8, 4) is 27.9 Å². The molecule has 1 aliphatic heterocycles. The van der Waals surface area contributed by atoms with E-state index in [2.05, 4.69) is 156 Å². The van der Waals surface area contributed by atoms with Crippen LogP contribution < -0.4 is 5.46 Å². The Labute approximate surface area is 266 Å². The van der Waals surface area contributed by atoms with Gasteiger partial charge in [0, 0.05) is 21.9 Å². The number of hydrogen-bond donors (Lipinski definition) is 0. The van der Waals surface area contributed by atoms with Crippen LogP contribution >= 0.6 is 0 Å². The Morgan fingerprint density at radius 3 is 1.93 bits per heavy atom. The first-order valence-electron chi connectivity index (χ1n) is 15.9. The normalized spacial score (nSPS) is 17.5. The Morgan fingerprint density at radius 2 is 1.22 bits per heavy atom. The quantitative estimate of drug-likeness (QED) is 0.192. The fourth-order valence-electron chi connectivity index (χ4n) is 7.25. The number of aromatic nitrogens is 1. The summed E-state index contributed by atoms with van der Waals surface area (Å²) >= 11 is 0. The Kier molecular flexibility index (Phi) is 5.98. The Bertz CT molecular complexity index is 2150. The maximum absolute atomic E-state index is 6.41. The molecule has 3 nitrogen and oxygen atoms in total. The molecule has 0 atom stereocenters. The highest BCUT2D eigenvalue weighted by molar-refractivity contribution is 6.62. The number of fused-ring (bicyclic) bond motifs is 6.